The largest absolute Gasteiger partial charge is 0.467 e. The summed E-state index contributed by atoms with van der Waals surface area (Å²) in [7, 11) is 3.65. The van der Waals surface area contributed by atoms with E-state index in [0.29, 0.717) is 12.5 Å². The number of hydrogen-bond donors (Lipinski definition) is 2. The average molecular weight is 292 g/mol. The van der Waals surface area contributed by atoms with Crippen molar-refractivity contribution in [2.75, 3.05) is 27.2 Å². The highest BCUT2D eigenvalue weighted by molar-refractivity contribution is 5.86. The van der Waals surface area contributed by atoms with E-state index in [4.69, 9.17) is 4.42 Å². The van der Waals surface area contributed by atoms with Crippen LogP contribution >= 0.6 is 0 Å². The van der Waals surface area contributed by atoms with E-state index < -0.39 is 0 Å². The van der Waals surface area contributed by atoms with E-state index in [0.717, 1.165) is 25.1 Å². The van der Waals surface area contributed by atoms with Crippen molar-refractivity contribution < 1.29 is 9.21 Å². The quantitative estimate of drug-likeness (QED) is 0.329. The van der Waals surface area contributed by atoms with Gasteiger partial charge in [-0.2, -0.15) is 0 Å². The Kier molecular flexibility index (Phi) is 7.71. The van der Waals surface area contributed by atoms with Crippen molar-refractivity contribution in [2.24, 2.45) is 4.99 Å². The summed E-state index contributed by atoms with van der Waals surface area (Å²) in [6, 6.07) is 3.61. The normalized spacial score (nSPS) is 11.0. The molecule has 0 fully saturated rings. The summed E-state index contributed by atoms with van der Waals surface area (Å²) in [4.78, 5) is 17.9. The molecule has 1 aromatic heterocycles. The van der Waals surface area contributed by atoms with Gasteiger partial charge in [0.15, 0.2) is 5.96 Å². The smallest absolute Gasteiger partial charge is 0.239 e. The van der Waals surface area contributed by atoms with Crippen LogP contribution in [0.1, 0.15) is 18.6 Å². The van der Waals surface area contributed by atoms with Gasteiger partial charge in [-0.25, -0.2) is 0 Å². The van der Waals surface area contributed by atoms with Crippen molar-refractivity contribution in [3.8, 4) is 0 Å². The number of hydrogen-bond acceptors (Lipinski definition) is 3. The first kappa shape index (κ1) is 16.8. The Morgan fingerprint density at radius 1 is 1.52 bits per heavy atom. The van der Waals surface area contributed by atoms with E-state index in [1.165, 1.54) is 0 Å². The third-order valence-electron chi connectivity index (χ3n) is 2.92. The second-order valence-corrected chi connectivity index (χ2v) is 4.61. The number of nitrogens with one attached hydrogen (secondary N) is 2. The summed E-state index contributed by atoms with van der Waals surface area (Å²) in [5, 5.41) is 5.81. The molecule has 6 nitrogen and oxygen atoms in total. The topological polar surface area (TPSA) is 69.9 Å². The number of carbonyl (C=O) groups is 1. The number of allylic oxidation sites excluding steroid dienone is 1. The van der Waals surface area contributed by atoms with Crippen molar-refractivity contribution in [3.05, 3.63) is 36.8 Å². The van der Waals surface area contributed by atoms with Gasteiger partial charge in [0.05, 0.1) is 19.4 Å². The molecule has 0 aromatic carbocycles. The van der Waals surface area contributed by atoms with Gasteiger partial charge in [-0.1, -0.05) is 6.08 Å². The van der Waals surface area contributed by atoms with E-state index in [-0.39, 0.29) is 12.5 Å². The Bertz CT molecular complexity index is 454. The number of aliphatic imine (C=N–C) groups is 1. The maximum atomic E-state index is 11.7. The average Bonchev–Trinajstić information content (AvgIpc) is 2.99. The lowest BCUT2D eigenvalue weighted by molar-refractivity contribution is -0.120. The minimum atomic E-state index is -0.105. The second kappa shape index (κ2) is 9.63. The molecule has 0 radical (unpaired) electrons. The number of carbonyl (C=O) groups excluding carboxylic acids is 1. The van der Waals surface area contributed by atoms with E-state index >= 15 is 0 Å². The third-order valence-corrected chi connectivity index (χ3v) is 2.92. The number of furan rings is 1. The van der Waals surface area contributed by atoms with Crippen molar-refractivity contribution in [3.63, 3.8) is 0 Å². The first-order valence-corrected chi connectivity index (χ1v) is 6.99. The van der Waals surface area contributed by atoms with Crippen LogP contribution in [0.15, 0.2) is 40.5 Å². The predicted octanol–water partition coefficient (Wildman–Crippen LogP) is 1.37. The lowest BCUT2D eigenvalue weighted by Gasteiger charge is -2.21. The molecule has 6 heteroatoms. The fourth-order valence-electron chi connectivity index (χ4n) is 1.78. The predicted molar refractivity (Wildman–Crippen MR) is 84.0 cm³/mol. The molecule has 21 heavy (non-hydrogen) atoms. The molecular formula is C15H24N4O2. The molecule has 1 rings (SSSR count). The van der Waals surface area contributed by atoms with Crippen LogP contribution < -0.4 is 10.6 Å². The summed E-state index contributed by atoms with van der Waals surface area (Å²) in [6.45, 7) is 5.13. The molecule has 2 N–H and O–H groups in total. The van der Waals surface area contributed by atoms with Crippen LogP contribution in [0.25, 0.3) is 0 Å². The number of guanidine groups is 1. The van der Waals surface area contributed by atoms with Gasteiger partial charge < -0.3 is 20.0 Å². The van der Waals surface area contributed by atoms with Gasteiger partial charge in [0.2, 0.25) is 5.91 Å². The first-order chi connectivity index (χ1) is 10.2. The Morgan fingerprint density at radius 3 is 2.95 bits per heavy atom. The zero-order valence-corrected chi connectivity index (χ0v) is 12.8. The van der Waals surface area contributed by atoms with Crippen LogP contribution in [0.5, 0.6) is 0 Å². The van der Waals surface area contributed by atoms with Gasteiger partial charge in [0.25, 0.3) is 0 Å². The van der Waals surface area contributed by atoms with Crippen LogP contribution in [0.3, 0.4) is 0 Å². The van der Waals surface area contributed by atoms with E-state index in [1.54, 1.807) is 19.4 Å². The van der Waals surface area contributed by atoms with E-state index in [9.17, 15) is 4.79 Å². The molecule has 0 saturated carbocycles. The van der Waals surface area contributed by atoms with Crippen molar-refractivity contribution in [1.29, 1.82) is 0 Å². The van der Waals surface area contributed by atoms with Gasteiger partial charge in [0, 0.05) is 20.6 Å². The Balaban J connectivity index is 2.27. The zero-order valence-electron chi connectivity index (χ0n) is 12.8. The number of rotatable bonds is 8. The maximum Gasteiger partial charge on any atom is 0.239 e. The molecule has 0 spiro atoms. The van der Waals surface area contributed by atoms with Gasteiger partial charge in [-0.05, 0) is 25.0 Å². The van der Waals surface area contributed by atoms with Gasteiger partial charge in [-0.3, -0.25) is 9.79 Å². The number of unbranched alkanes of at least 4 members (excludes halogenated alkanes) is 1. The molecule has 0 unspecified atom stereocenters. The molecule has 116 valence electrons. The Hall–Kier alpha value is -2.24. The fraction of sp³-hybridized carbons (Fsp3) is 0.467. The molecule has 0 aliphatic rings. The highest BCUT2D eigenvalue weighted by Gasteiger charge is 2.08. The highest BCUT2D eigenvalue weighted by Crippen LogP contribution is 1.98. The SMILES string of the molecule is C=CCCCN(C)C(=NC)NCC(=O)NCc1ccco1. The summed E-state index contributed by atoms with van der Waals surface area (Å²) in [5.74, 6) is 1.33. The molecule has 1 heterocycles. The van der Waals surface area contributed by atoms with Crippen LogP contribution in [0.4, 0.5) is 0 Å². The van der Waals surface area contributed by atoms with E-state index in [2.05, 4.69) is 22.2 Å². The van der Waals surface area contributed by atoms with Crippen LogP contribution in [0, 0.1) is 0 Å². The Morgan fingerprint density at radius 2 is 2.33 bits per heavy atom. The highest BCUT2D eigenvalue weighted by atomic mass is 16.3. The van der Waals surface area contributed by atoms with Crippen LogP contribution in [-0.4, -0.2) is 44.0 Å². The zero-order chi connectivity index (χ0) is 15.5. The molecule has 0 atom stereocenters. The number of nitrogens with zero attached hydrogens (tertiary/aromatic N) is 2. The van der Waals surface area contributed by atoms with Gasteiger partial charge in [-0.15, -0.1) is 6.58 Å². The minimum absolute atomic E-state index is 0.105. The second-order valence-electron chi connectivity index (χ2n) is 4.61. The summed E-state index contributed by atoms with van der Waals surface area (Å²) < 4.78 is 5.15. The third kappa shape index (κ3) is 6.65. The van der Waals surface area contributed by atoms with Crippen molar-refractivity contribution >= 4 is 11.9 Å². The first-order valence-electron chi connectivity index (χ1n) is 6.99. The van der Waals surface area contributed by atoms with Gasteiger partial charge >= 0.3 is 0 Å². The monoisotopic (exact) mass is 292 g/mol. The molecule has 1 aromatic rings. The summed E-state index contributed by atoms with van der Waals surface area (Å²) in [5.41, 5.74) is 0. The molecule has 0 aliphatic carbocycles. The van der Waals surface area contributed by atoms with Crippen molar-refractivity contribution in [1.82, 2.24) is 15.5 Å². The number of amides is 1. The standard InChI is InChI=1S/C15H24N4O2/c1-4-5-6-9-19(3)15(16-2)18-12-14(20)17-11-13-8-7-10-21-13/h4,7-8,10H,1,5-6,9,11-12H2,2-3H3,(H,16,18)(H,17,20). The molecule has 0 aliphatic heterocycles. The van der Waals surface area contributed by atoms with Gasteiger partial charge in [0.1, 0.15) is 5.76 Å². The minimum Gasteiger partial charge on any atom is -0.467 e. The lowest BCUT2D eigenvalue weighted by Crippen LogP contribution is -2.44. The van der Waals surface area contributed by atoms with Crippen molar-refractivity contribution in [2.45, 2.75) is 19.4 Å². The maximum absolute atomic E-state index is 11.7. The summed E-state index contributed by atoms with van der Waals surface area (Å²) >= 11 is 0. The Labute approximate surface area is 125 Å². The molecule has 0 saturated heterocycles. The van der Waals surface area contributed by atoms with Crippen LogP contribution in [-0.2, 0) is 11.3 Å². The van der Waals surface area contributed by atoms with Crippen LogP contribution in [0.2, 0.25) is 0 Å². The molecule has 1 amide bonds. The lowest BCUT2D eigenvalue weighted by atomic mass is 10.3. The molecular weight excluding hydrogens is 268 g/mol. The van der Waals surface area contributed by atoms with E-state index in [1.807, 2.05) is 24.1 Å². The fourth-order valence-corrected chi connectivity index (χ4v) is 1.78. The summed E-state index contributed by atoms with van der Waals surface area (Å²) in [6.07, 6.45) is 5.45. The molecule has 0 bridgehead atoms.